The first kappa shape index (κ1) is 24.0. The summed E-state index contributed by atoms with van der Waals surface area (Å²) in [6.07, 6.45) is 1.62. The van der Waals surface area contributed by atoms with Crippen molar-refractivity contribution in [1.82, 2.24) is 9.29 Å². The molecule has 1 amide bonds. The fraction of sp³-hybridized carbons (Fsp3) is 0.304. The maximum Gasteiger partial charge on any atom is 0.255 e. The number of carbonyl (C=O) groups excluding carboxylic acids is 1. The van der Waals surface area contributed by atoms with Crippen LogP contribution in [0.25, 0.3) is 11.3 Å². The fourth-order valence-corrected chi connectivity index (χ4v) is 6.15. The van der Waals surface area contributed by atoms with Crippen molar-refractivity contribution in [2.45, 2.75) is 17.7 Å². The van der Waals surface area contributed by atoms with Gasteiger partial charge in [0.25, 0.3) is 5.91 Å². The van der Waals surface area contributed by atoms with Crippen LogP contribution in [-0.2, 0) is 10.0 Å². The molecule has 2 N–H and O–H groups in total. The number of benzene rings is 2. The van der Waals surface area contributed by atoms with Gasteiger partial charge >= 0.3 is 0 Å². The van der Waals surface area contributed by atoms with Gasteiger partial charge in [-0.1, -0.05) is 0 Å². The van der Waals surface area contributed by atoms with Gasteiger partial charge in [0.2, 0.25) is 10.0 Å². The number of ether oxygens (including phenoxy) is 2. The highest BCUT2D eigenvalue weighted by Crippen LogP contribution is 2.34. The molecule has 1 aliphatic heterocycles. The number of methoxy groups -OCH3 is 2. The number of rotatable bonds is 8. The topological polar surface area (TPSA) is 110 Å². The van der Waals surface area contributed by atoms with Crippen molar-refractivity contribution in [2.24, 2.45) is 0 Å². The highest BCUT2D eigenvalue weighted by atomic mass is 32.2. The Labute approximate surface area is 202 Å². The first-order valence-electron chi connectivity index (χ1n) is 10.7. The minimum Gasteiger partial charge on any atom is -0.495 e. The number of hydrogen-bond acceptors (Lipinski definition) is 8. The Kier molecular flexibility index (Phi) is 7.05. The monoisotopic (exact) mass is 502 g/mol. The molecular weight excluding hydrogens is 476 g/mol. The Balaban J connectivity index is 1.65. The lowest BCUT2D eigenvalue weighted by molar-refractivity contribution is 0.102. The Morgan fingerprint density at radius 1 is 1.06 bits per heavy atom. The molecule has 2 aromatic carbocycles. The number of carbonyl (C=O) groups is 1. The van der Waals surface area contributed by atoms with Gasteiger partial charge in [0.1, 0.15) is 16.4 Å². The lowest BCUT2D eigenvalue weighted by Crippen LogP contribution is -2.28. The summed E-state index contributed by atoms with van der Waals surface area (Å²) in [6.45, 7) is 0.912. The SMILES string of the molecule is CNc1nc(-c2ccc(OC)c(NC(=O)c3ccc(OC)c(S(=O)(=O)N4CCCC4)c3)c2)cs1. The van der Waals surface area contributed by atoms with Gasteiger partial charge < -0.3 is 20.1 Å². The van der Waals surface area contributed by atoms with Crippen molar-refractivity contribution >= 4 is 38.1 Å². The number of nitrogens with one attached hydrogen (secondary N) is 2. The van der Waals surface area contributed by atoms with E-state index in [-0.39, 0.29) is 16.2 Å². The summed E-state index contributed by atoms with van der Waals surface area (Å²) in [7, 11) is 0.949. The van der Waals surface area contributed by atoms with Crippen molar-refractivity contribution < 1.29 is 22.7 Å². The quantitative estimate of drug-likeness (QED) is 0.481. The van der Waals surface area contributed by atoms with Crippen molar-refractivity contribution in [1.29, 1.82) is 0 Å². The first-order chi connectivity index (χ1) is 16.4. The third-order valence-electron chi connectivity index (χ3n) is 5.57. The second kappa shape index (κ2) is 10.00. The summed E-state index contributed by atoms with van der Waals surface area (Å²) in [5, 5.41) is 8.54. The molecule has 34 heavy (non-hydrogen) atoms. The minimum absolute atomic E-state index is 0.0210. The van der Waals surface area contributed by atoms with Crippen molar-refractivity contribution in [3.8, 4) is 22.8 Å². The summed E-state index contributed by atoms with van der Waals surface area (Å²) >= 11 is 1.48. The Morgan fingerprint density at radius 2 is 1.76 bits per heavy atom. The molecule has 9 nitrogen and oxygen atoms in total. The summed E-state index contributed by atoms with van der Waals surface area (Å²) in [5.41, 5.74) is 2.21. The zero-order valence-corrected chi connectivity index (χ0v) is 20.8. The number of sulfonamides is 1. The number of anilines is 2. The predicted octanol–water partition coefficient (Wildman–Crippen LogP) is 3.91. The molecule has 2 heterocycles. The summed E-state index contributed by atoms with van der Waals surface area (Å²) in [4.78, 5) is 17.6. The third-order valence-corrected chi connectivity index (χ3v) is 8.35. The van der Waals surface area contributed by atoms with E-state index in [4.69, 9.17) is 9.47 Å². The molecule has 0 spiro atoms. The van der Waals surface area contributed by atoms with Crippen LogP contribution >= 0.6 is 11.3 Å². The van der Waals surface area contributed by atoms with Gasteiger partial charge in [0.05, 0.1) is 25.6 Å². The summed E-state index contributed by atoms with van der Waals surface area (Å²) in [5.74, 6) is 0.205. The van der Waals surface area contributed by atoms with E-state index < -0.39 is 15.9 Å². The number of aromatic nitrogens is 1. The zero-order chi connectivity index (χ0) is 24.3. The fourth-order valence-electron chi connectivity index (χ4n) is 3.77. The third kappa shape index (κ3) is 4.72. The van der Waals surface area contributed by atoms with Gasteiger partial charge in [-0.3, -0.25) is 4.79 Å². The number of thiazole rings is 1. The molecule has 0 radical (unpaired) electrons. The molecule has 1 aliphatic rings. The van der Waals surface area contributed by atoms with E-state index >= 15 is 0 Å². The maximum absolute atomic E-state index is 13.2. The molecule has 0 unspecified atom stereocenters. The second-order valence-electron chi connectivity index (χ2n) is 7.63. The van der Waals surface area contributed by atoms with Crippen LogP contribution in [0.15, 0.2) is 46.7 Å². The van der Waals surface area contributed by atoms with E-state index in [1.54, 1.807) is 19.2 Å². The van der Waals surface area contributed by atoms with Gasteiger partial charge in [-0.25, -0.2) is 13.4 Å². The average molecular weight is 503 g/mol. The van der Waals surface area contributed by atoms with Crippen LogP contribution in [-0.4, -0.2) is 58.0 Å². The van der Waals surface area contributed by atoms with Crippen LogP contribution in [0.5, 0.6) is 11.5 Å². The average Bonchev–Trinajstić information content (AvgIpc) is 3.56. The first-order valence-corrected chi connectivity index (χ1v) is 13.0. The van der Waals surface area contributed by atoms with Gasteiger partial charge in [0.15, 0.2) is 5.13 Å². The molecule has 1 aromatic heterocycles. The van der Waals surface area contributed by atoms with E-state index in [2.05, 4.69) is 15.6 Å². The van der Waals surface area contributed by atoms with E-state index in [1.165, 1.54) is 48.1 Å². The van der Waals surface area contributed by atoms with E-state index in [0.717, 1.165) is 29.2 Å². The molecule has 0 aliphatic carbocycles. The molecule has 4 rings (SSSR count). The van der Waals surface area contributed by atoms with Gasteiger partial charge in [-0.05, 0) is 49.2 Å². The maximum atomic E-state index is 13.2. The van der Waals surface area contributed by atoms with Gasteiger partial charge in [-0.15, -0.1) is 11.3 Å². The molecule has 180 valence electrons. The molecule has 0 atom stereocenters. The van der Waals surface area contributed by atoms with Crippen LogP contribution in [0.2, 0.25) is 0 Å². The Morgan fingerprint density at radius 3 is 2.41 bits per heavy atom. The largest absolute Gasteiger partial charge is 0.495 e. The zero-order valence-electron chi connectivity index (χ0n) is 19.1. The van der Waals surface area contributed by atoms with Crippen LogP contribution in [0, 0.1) is 0 Å². The predicted molar refractivity (Wildman–Crippen MR) is 133 cm³/mol. The number of nitrogens with zero attached hydrogens (tertiary/aromatic N) is 2. The summed E-state index contributed by atoms with van der Waals surface area (Å²) < 4.78 is 38.4. The van der Waals surface area contributed by atoms with Crippen LogP contribution < -0.4 is 20.1 Å². The molecule has 0 saturated carbocycles. The van der Waals surface area contributed by atoms with Crippen LogP contribution in [0.4, 0.5) is 10.8 Å². The Hall–Kier alpha value is -3.15. The van der Waals surface area contributed by atoms with Crippen molar-refractivity contribution in [3.63, 3.8) is 0 Å². The van der Waals surface area contributed by atoms with E-state index in [9.17, 15) is 13.2 Å². The van der Waals surface area contributed by atoms with Crippen LogP contribution in [0.1, 0.15) is 23.2 Å². The highest BCUT2D eigenvalue weighted by molar-refractivity contribution is 7.89. The lowest BCUT2D eigenvalue weighted by atomic mass is 10.1. The van der Waals surface area contributed by atoms with Gasteiger partial charge in [0, 0.05) is 36.6 Å². The van der Waals surface area contributed by atoms with Crippen LogP contribution in [0.3, 0.4) is 0 Å². The number of amides is 1. The van der Waals surface area contributed by atoms with E-state index in [0.29, 0.717) is 24.5 Å². The van der Waals surface area contributed by atoms with Crippen molar-refractivity contribution in [3.05, 3.63) is 47.3 Å². The lowest BCUT2D eigenvalue weighted by Gasteiger charge is -2.18. The molecular formula is C23H26N4O5S2. The molecule has 1 fully saturated rings. The normalized spacial score (nSPS) is 14.1. The minimum atomic E-state index is -3.78. The molecule has 11 heteroatoms. The molecule has 0 bridgehead atoms. The van der Waals surface area contributed by atoms with Crippen molar-refractivity contribution in [2.75, 3.05) is 45.0 Å². The van der Waals surface area contributed by atoms with Gasteiger partial charge in [-0.2, -0.15) is 4.31 Å². The highest BCUT2D eigenvalue weighted by Gasteiger charge is 2.30. The Bertz CT molecular complexity index is 1300. The molecule has 3 aromatic rings. The number of hydrogen-bond donors (Lipinski definition) is 2. The smallest absolute Gasteiger partial charge is 0.255 e. The molecule has 1 saturated heterocycles. The van der Waals surface area contributed by atoms with E-state index in [1.807, 2.05) is 11.4 Å². The second-order valence-corrected chi connectivity index (χ2v) is 10.4. The standard InChI is InChI=1S/C23H26N4O5S2/c1-24-23-26-18(14-33-23)15-6-8-19(31-2)17(12-15)25-22(28)16-7-9-20(32-3)21(13-16)34(29,30)27-10-4-5-11-27/h6-9,12-14H,4-5,10-11H2,1-3H3,(H,24,26)(H,25,28). The summed E-state index contributed by atoms with van der Waals surface area (Å²) in [6, 6.07) is 9.78.